The highest BCUT2D eigenvalue weighted by molar-refractivity contribution is 5.20. The Bertz CT molecular complexity index is 883. The van der Waals surface area contributed by atoms with E-state index in [-0.39, 0.29) is 12.1 Å². The summed E-state index contributed by atoms with van der Waals surface area (Å²) in [6, 6.07) is 5.92. The van der Waals surface area contributed by atoms with Crippen LogP contribution in [0.1, 0.15) is 49.4 Å². The lowest BCUT2D eigenvalue weighted by atomic mass is 9.78. The van der Waals surface area contributed by atoms with Gasteiger partial charge in [0.2, 0.25) is 11.8 Å². The average molecular weight is 354 g/mol. The number of aromatic nitrogens is 6. The first-order valence-electron chi connectivity index (χ1n) is 8.93. The Morgan fingerprint density at radius 2 is 1.88 bits per heavy atom. The Morgan fingerprint density at radius 1 is 1.04 bits per heavy atom. The normalized spacial score (nSPS) is 27.6. The van der Waals surface area contributed by atoms with Gasteiger partial charge in [0, 0.05) is 49.5 Å². The summed E-state index contributed by atoms with van der Waals surface area (Å²) in [6.07, 6.45) is 10.9. The van der Waals surface area contributed by atoms with Crippen molar-refractivity contribution < 1.29 is 9.13 Å². The van der Waals surface area contributed by atoms with Crippen LogP contribution in [0.3, 0.4) is 0 Å². The third-order valence-corrected chi connectivity index (χ3v) is 5.40. The zero-order valence-electron chi connectivity index (χ0n) is 14.1. The average Bonchev–Trinajstić information content (AvgIpc) is 3.22. The Balaban J connectivity index is 1.17. The minimum absolute atomic E-state index is 0.174. The van der Waals surface area contributed by atoms with Crippen LogP contribution < -0.4 is 4.74 Å². The highest BCUT2D eigenvalue weighted by Gasteiger charge is 2.35. The molecule has 0 spiro atoms. The summed E-state index contributed by atoms with van der Waals surface area (Å²) >= 11 is 0. The van der Waals surface area contributed by atoms with E-state index in [1.165, 1.54) is 6.07 Å². The molecule has 0 atom stereocenters. The van der Waals surface area contributed by atoms with Crippen molar-refractivity contribution in [2.75, 3.05) is 0 Å². The van der Waals surface area contributed by atoms with Gasteiger partial charge in [-0.1, -0.05) is 0 Å². The smallest absolute Gasteiger partial charge is 0.232 e. The third kappa shape index (κ3) is 2.85. The largest absolute Gasteiger partial charge is 0.474 e. The van der Waals surface area contributed by atoms with Crippen molar-refractivity contribution in [1.29, 1.82) is 0 Å². The standard InChI is InChI=1S/C18H19FN6O/c19-17-2-5-25(23-17)13-6-12(7-13)16-10-18(21-11-20-16)26-15-8-14(9-15)24-4-1-3-22-24/h1-5,10-15H,6-9H2. The first kappa shape index (κ1) is 15.5. The number of rotatable bonds is 5. The summed E-state index contributed by atoms with van der Waals surface area (Å²) < 4.78 is 22.7. The first-order chi connectivity index (χ1) is 12.7. The molecule has 0 aromatic carbocycles. The Hall–Kier alpha value is -2.77. The van der Waals surface area contributed by atoms with Crippen molar-refractivity contribution in [2.24, 2.45) is 0 Å². The van der Waals surface area contributed by atoms with Crippen LogP contribution in [-0.2, 0) is 0 Å². The van der Waals surface area contributed by atoms with E-state index in [0.29, 0.717) is 17.8 Å². The fraction of sp³-hybridized carbons (Fsp3) is 0.444. The fourth-order valence-corrected chi connectivity index (χ4v) is 3.72. The molecule has 8 heteroatoms. The molecule has 0 unspecified atom stereocenters. The van der Waals surface area contributed by atoms with Crippen LogP contribution in [0.15, 0.2) is 43.1 Å². The summed E-state index contributed by atoms with van der Waals surface area (Å²) in [5, 5.41) is 8.12. The van der Waals surface area contributed by atoms with E-state index in [9.17, 15) is 4.39 Å². The topological polar surface area (TPSA) is 70.7 Å². The number of hydrogen-bond donors (Lipinski definition) is 0. The van der Waals surface area contributed by atoms with E-state index in [2.05, 4.69) is 20.2 Å². The van der Waals surface area contributed by atoms with Gasteiger partial charge in [-0.2, -0.15) is 9.49 Å². The van der Waals surface area contributed by atoms with Crippen molar-refractivity contribution in [2.45, 2.75) is 49.8 Å². The lowest BCUT2D eigenvalue weighted by molar-refractivity contribution is 0.0603. The van der Waals surface area contributed by atoms with Crippen molar-refractivity contribution in [3.63, 3.8) is 0 Å². The molecular formula is C18H19FN6O. The molecule has 3 heterocycles. The van der Waals surface area contributed by atoms with Gasteiger partial charge in [0.05, 0.1) is 17.8 Å². The molecule has 3 aromatic rings. The summed E-state index contributed by atoms with van der Waals surface area (Å²) in [5.41, 5.74) is 0.988. The molecule has 2 fully saturated rings. The molecule has 2 saturated carbocycles. The third-order valence-electron chi connectivity index (χ3n) is 5.40. The molecule has 5 rings (SSSR count). The SMILES string of the molecule is Fc1ccn(C2CC(c3cc(OC4CC(n5cccn5)C4)ncn3)C2)n1. The number of nitrogens with zero attached hydrogens (tertiary/aromatic N) is 6. The van der Waals surface area contributed by atoms with E-state index >= 15 is 0 Å². The van der Waals surface area contributed by atoms with Crippen LogP contribution in [0.4, 0.5) is 4.39 Å². The second-order valence-corrected chi connectivity index (χ2v) is 7.07. The van der Waals surface area contributed by atoms with Gasteiger partial charge < -0.3 is 4.74 Å². The minimum atomic E-state index is -0.430. The lowest BCUT2D eigenvalue weighted by Crippen LogP contribution is -2.36. The molecule has 0 aliphatic heterocycles. The molecule has 0 saturated heterocycles. The molecular weight excluding hydrogens is 335 g/mol. The van der Waals surface area contributed by atoms with Gasteiger partial charge in [-0.05, 0) is 18.9 Å². The predicted octanol–water partition coefficient (Wildman–Crippen LogP) is 2.91. The number of hydrogen-bond acceptors (Lipinski definition) is 5. The molecule has 0 bridgehead atoms. The van der Waals surface area contributed by atoms with Crippen molar-refractivity contribution in [3.8, 4) is 5.88 Å². The molecule has 3 aromatic heterocycles. The van der Waals surface area contributed by atoms with Crippen molar-refractivity contribution >= 4 is 0 Å². The molecule has 0 N–H and O–H groups in total. The van der Waals surface area contributed by atoms with Crippen molar-refractivity contribution in [3.05, 3.63) is 54.8 Å². The van der Waals surface area contributed by atoms with E-state index < -0.39 is 5.95 Å². The first-order valence-corrected chi connectivity index (χ1v) is 8.93. The van der Waals surface area contributed by atoms with Crippen LogP contribution in [0, 0.1) is 5.95 Å². The quantitative estimate of drug-likeness (QED) is 0.704. The van der Waals surface area contributed by atoms with E-state index in [1.54, 1.807) is 23.4 Å². The molecule has 26 heavy (non-hydrogen) atoms. The van der Waals surface area contributed by atoms with Gasteiger partial charge in [0.25, 0.3) is 0 Å². The Labute approximate surface area is 149 Å². The highest BCUT2D eigenvalue weighted by atomic mass is 19.1. The van der Waals surface area contributed by atoms with E-state index in [0.717, 1.165) is 31.4 Å². The molecule has 2 aliphatic rings. The number of ether oxygens (including phenoxy) is 1. The highest BCUT2D eigenvalue weighted by Crippen LogP contribution is 2.44. The van der Waals surface area contributed by atoms with Crippen LogP contribution in [-0.4, -0.2) is 35.6 Å². The molecule has 7 nitrogen and oxygen atoms in total. The maximum absolute atomic E-state index is 13.0. The van der Waals surface area contributed by atoms with Gasteiger partial charge in [0.15, 0.2) is 0 Å². The zero-order valence-corrected chi connectivity index (χ0v) is 14.1. The van der Waals surface area contributed by atoms with Crippen LogP contribution in [0.5, 0.6) is 5.88 Å². The van der Waals surface area contributed by atoms with Gasteiger partial charge in [-0.15, -0.1) is 5.10 Å². The minimum Gasteiger partial charge on any atom is -0.474 e. The molecule has 2 aliphatic carbocycles. The molecule has 0 radical (unpaired) electrons. The summed E-state index contributed by atoms with van der Waals surface area (Å²) in [5.74, 6) is 0.545. The van der Waals surface area contributed by atoms with Crippen molar-refractivity contribution in [1.82, 2.24) is 29.5 Å². The molecule has 134 valence electrons. The van der Waals surface area contributed by atoms with Gasteiger partial charge in [0.1, 0.15) is 12.4 Å². The summed E-state index contributed by atoms with van der Waals surface area (Å²) in [7, 11) is 0. The van der Waals surface area contributed by atoms with E-state index in [4.69, 9.17) is 4.74 Å². The number of halogens is 1. The fourth-order valence-electron chi connectivity index (χ4n) is 3.72. The summed E-state index contributed by atoms with van der Waals surface area (Å²) in [6.45, 7) is 0. The van der Waals surface area contributed by atoms with E-state index in [1.807, 2.05) is 23.0 Å². The lowest BCUT2D eigenvalue weighted by Gasteiger charge is -2.36. The van der Waals surface area contributed by atoms with Crippen LogP contribution in [0.2, 0.25) is 0 Å². The van der Waals surface area contributed by atoms with Gasteiger partial charge in [-0.3, -0.25) is 9.36 Å². The van der Waals surface area contributed by atoms with Gasteiger partial charge in [-0.25, -0.2) is 9.97 Å². The summed E-state index contributed by atoms with van der Waals surface area (Å²) in [4.78, 5) is 8.64. The maximum atomic E-state index is 13.0. The second-order valence-electron chi connectivity index (χ2n) is 7.07. The zero-order chi connectivity index (χ0) is 17.5. The maximum Gasteiger partial charge on any atom is 0.232 e. The second kappa shape index (κ2) is 6.19. The van der Waals surface area contributed by atoms with Crippen LogP contribution >= 0.6 is 0 Å². The Morgan fingerprint density at radius 3 is 2.62 bits per heavy atom. The Kier molecular flexibility index (Phi) is 3.69. The van der Waals surface area contributed by atoms with Crippen LogP contribution in [0.25, 0.3) is 0 Å². The molecule has 0 amide bonds. The van der Waals surface area contributed by atoms with Gasteiger partial charge >= 0.3 is 0 Å². The monoisotopic (exact) mass is 354 g/mol. The predicted molar refractivity (Wildman–Crippen MR) is 90.1 cm³/mol.